The van der Waals surface area contributed by atoms with Crippen molar-refractivity contribution in [1.29, 1.82) is 5.26 Å². The molecular formula is C15H18N4O3. The first-order valence-corrected chi connectivity index (χ1v) is 6.63. The van der Waals surface area contributed by atoms with Crippen LogP contribution in [-0.2, 0) is 22.7 Å². The third kappa shape index (κ3) is 5.26. The van der Waals surface area contributed by atoms with Crippen LogP contribution >= 0.6 is 0 Å². The molecule has 0 saturated carbocycles. The number of rotatable bonds is 7. The highest BCUT2D eigenvalue weighted by Gasteiger charge is 2.16. The summed E-state index contributed by atoms with van der Waals surface area (Å²) in [5.74, 6) is -1.90. The molecule has 0 aliphatic heterocycles. The molecule has 0 heterocycles. The van der Waals surface area contributed by atoms with Gasteiger partial charge in [0.1, 0.15) is 17.7 Å². The van der Waals surface area contributed by atoms with Crippen LogP contribution in [0.15, 0.2) is 36.0 Å². The highest BCUT2D eigenvalue weighted by atomic mass is 16.4. The molecule has 1 aromatic rings. The first-order chi connectivity index (χ1) is 10.5. The number of carboxylic acids is 1. The minimum absolute atomic E-state index is 0.192. The SMILES string of the molecule is CC(NC(=O)/C(C#N)=C\NCc1cccc(CN)c1)C(=O)O. The number of hydrogen-bond acceptors (Lipinski definition) is 5. The second kappa shape index (κ2) is 8.44. The van der Waals surface area contributed by atoms with E-state index in [0.717, 1.165) is 11.1 Å². The predicted octanol–water partition coefficient (Wildman–Crippen LogP) is 0.232. The van der Waals surface area contributed by atoms with E-state index >= 15 is 0 Å². The van der Waals surface area contributed by atoms with E-state index in [4.69, 9.17) is 16.1 Å². The Kier molecular flexibility index (Phi) is 6.60. The molecule has 7 heteroatoms. The lowest BCUT2D eigenvalue weighted by atomic mass is 10.1. The van der Waals surface area contributed by atoms with E-state index in [1.807, 2.05) is 24.3 Å². The number of carboxylic acid groups (broad SMARTS) is 1. The molecule has 1 unspecified atom stereocenters. The van der Waals surface area contributed by atoms with Gasteiger partial charge in [-0.25, -0.2) is 0 Å². The molecule has 0 aliphatic rings. The largest absolute Gasteiger partial charge is 0.480 e. The Hall–Kier alpha value is -2.85. The zero-order valence-corrected chi connectivity index (χ0v) is 12.2. The van der Waals surface area contributed by atoms with Crippen molar-refractivity contribution in [1.82, 2.24) is 10.6 Å². The molecule has 0 fully saturated rings. The van der Waals surface area contributed by atoms with E-state index < -0.39 is 17.9 Å². The molecule has 0 aliphatic carbocycles. The van der Waals surface area contributed by atoms with Crippen LogP contribution in [-0.4, -0.2) is 23.0 Å². The minimum atomic E-state index is -1.17. The molecule has 1 aromatic carbocycles. The number of carbonyl (C=O) groups is 2. The van der Waals surface area contributed by atoms with Gasteiger partial charge in [0.15, 0.2) is 0 Å². The van der Waals surface area contributed by atoms with Gasteiger partial charge in [0.05, 0.1) is 0 Å². The predicted molar refractivity (Wildman–Crippen MR) is 80.1 cm³/mol. The lowest BCUT2D eigenvalue weighted by molar-refractivity contribution is -0.140. The summed E-state index contributed by atoms with van der Waals surface area (Å²) in [5.41, 5.74) is 7.30. The molecule has 0 spiro atoms. The summed E-state index contributed by atoms with van der Waals surface area (Å²) >= 11 is 0. The summed E-state index contributed by atoms with van der Waals surface area (Å²) < 4.78 is 0. The highest BCUT2D eigenvalue weighted by Crippen LogP contribution is 2.04. The summed E-state index contributed by atoms with van der Waals surface area (Å²) in [7, 11) is 0. The number of nitrogens with zero attached hydrogens (tertiary/aromatic N) is 1. The molecule has 0 bridgehead atoms. The van der Waals surface area contributed by atoms with Gasteiger partial charge in [-0.05, 0) is 18.1 Å². The van der Waals surface area contributed by atoms with Gasteiger partial charge in [-0.1, -0.05) is 24.3 Å². The van der Waals surface area contributed by atoms with E-state index in [1.54, 1.807) is 6.07 Å². The van der Waals surface area contributed by atoms with Crippen LogP contribution in [0.4, 0.5) is 0 Å². The zero-order valence-electron chi connectivity index (χ0n) is 12.2. The first kappa shape index (κ1) is 17.2. The molecule has 116 valence electrons. The van der Waals surface area contributed by atoms with E-state index in [9.17, 15) is 9.59 Å². The molecule has 1 rings (SSSR count). The maximum absolute atomic E-state index is 11.7. The number of nitrogens with two attached hydrogens (primary N) is 1. The lowest BCUT2D eigenvalue weighted by Crippen LogP contribution is -2.39. The lowest BCUT2D eigenvalue weighted by Gasteiger charge is -2.08. The number of benzene rings is 1. The number of aliphatic carboxylic acids is 1. The standard InChI is InChI=1S/C15H18N4O3/c1-10(15(21)22)19-14(20)13(7-17)9-18-8-12-4-2-3-11(5-12)6-16/h2-5,9-10,18H,6,8,16H2,1H3,(H,19,20)(H,21,22)/b13-9-. The monoisotopic (exact) mass is 302 g/mol. The van der Waals surface area contributed by atoms with Crippen LogP contribution in [0.1, 0.15) is 18.1 Å². The number of hydrogen-bond donors (Lipinski definition) is 4. The average molecular weight is 302 g/mol. The average Bonchev–Trinajstić information content (AvgIpc) is 2.51. The quantitative estimate of drug-likeness (QED) is 0.421. The maximum atomic E-state index is 11.7. The number of nitriles is 1. The van der Waals surface area contributed by atoms with Gasteiger partial charge in [-0.3, -0.25) is 9.59 Å². The van der Waals surface area contributed by atoms with E-state index in [-0.39, 0.29) is 5.57 Å². The molecular weight excluding hydrogens is 284 g/mol. The molecule has 1 amide bonds. The van der Waals surface area contributed by atoms with Crippen molar-refractivity contribution in [2.24, 2.45) is 5.73 Å². The van der Waals surface area contributed by atoms with Gasteiger partial charge in [-0.2, -0.15) is 5.26 Å². The third-order valence-corrected chi connectivity index (χ3v) is 2.86. The van der Waals surface area contributed by atoms with Crippen molar-refractivity contribution < 1.29 is 14.7 Å². The molecule has 0 radical (unpaired) electrons. The zero-order chi connectivity index (χ0) is 16.5. The summed E-state index contributed by atoms with van der Waals surface area (Å²) in [5, 5.41) is 22.7. The second-order valence-corrected chi connectivity index (χ2v) is 4.61. The van der Waals surface area contributed by atoms with Gasteiger partial charge in [0.2, 0.25) is 0 Å². The summed E-state index contributed by atoms with van der Waals surface area (Å²) in [4.78, 5) is 22.4. The van der Waals surface area contributed by atoms with Crippen molar-refractivity contribution in [2.75, 3.05) is 0 Å². The van der Waals surface area contributed by atoms with Crippen LogP contribution in [0.2, 0.25) is 0 Å². The Bertz CT molecular complexity index is 619. The van der Waals surface area contributed by atoms with E-state index in [0.29, 0.717) is 13.1 Å². The van der Waals surface area contributed by atoms with Crippen LogP contribution in [0.3, 0.4) is 0 Å². The van der Waals surface area contributed by atoms with Crippen molar-refractivity contribution in [3.8, 4) is 6.07 Å². The molecule has 1 atom stereocenters. The van der Waals surface area contributed by atoms with E-state index in [1.165, 1.54) is 13.1 Å². The normalized spacial score (nSPS) is 12.1. The van der Waals surface area contributed by atoms with Gasteiger partial charge < -0.3 is 21.5 Å². The maximum Gasteiger partial charge on any atom is 0.325 e. The Balaban J connectivity index is 2.63. The fourth-order valence-corrected chi connectivity index (χ4v) is 1.62. The van der Waals surface area contributed by atoms with Crippen LogP contribution in [0, 0.1) is 11.3 Å². The number of nitrogens with one attached hydrogen (secondary N) is 2. The van der Waals surface area contributed by atoms with Gasteiger partial charge in [-0.15, -0.1) is 0 Å². The Morgan fingerprint density at radius 2 is 2.14 bits per heavy atom. The molecule has 7 nitrogen and oxygen atoms in total. The second-order valence-electron chi connectivity index (χ2n) is 4.61. The van der Waals surface area contributed by atoms with Gasteiger partial charge in [0, 0.05) is 19.3 Å². The van der Waals surface area contributed by atoms with Crippen molar-refractivity contribution >= 4 is 11.9 Å². The fourth-order valence-electron chi connectivity index (χ4n) is 1.62. The smallest absolute Gasteiger partial charge is 0.325 e. The highest BCUT2D eigenvalue weighted by molar-refractivity contribution is 5.99. The first-order valence-electron chi connectivity index (χ1n) is 6.63. The molecule has 22 heavy (non-hydrogen) atoms. The number of carbonyl (C=O) groups excluding carboxylic acids is 1. The van der Waals surface area contributed by atoms with E-state index in [2.05, 4.69) is 10.6 Å². The Labute approximate surface area is 128 Å². The fraction of sp³-hybridized carbons (Fsp3) is 0.267. The third-order valence-electron chi connectivity index (χ3n) is 2.86. The van der Waals surface area contributed by atoms with Crippen molar-refractivity contribution in [3.05, 3.63) is 47.2 Å². The van der Waals surface area contributed by atoms with Crippen LogP contribution in [0.25, 0.3) is 0 Å². The molecule has 0 aromatic heterocycles. The number of amides is 1. The molecule has 0 saturated heterocycles. The Morgan fingerprint density at radius 1 is 1.45 bits per heavy atom. The van der Waals surface area contributed by atoms with Crippen molar-refractivity contribution in [2.45, 2.75) is 26.1 Å². The summed E-state index contributed by atoms with van der Waals surface area (Å²) in [6, 6.07) is 8.24. The topological polar surface area (TPSA) is 128 Å². The van der Waals surface area contributed by atoms with Crippen LogP contribution < -0.4 is 16.4 Å². The Morgan fingerprint density at radius 3 is 2.73 bits per heavy atom. The van der Waals surface area contributed by atoms with Gasteiger partial charge in [0.25, 0.3) is 5.91 Å². The molecule has 5 N–H and O–H groups in total. The van der Waals surface area contributed by atoms with Crippen molar-refractivity contribution in [3.63, 3.8) is 0 Å². The van der Waals surface area contributed by atoms with Crippen LogP contribution in [0.5, 0.6) is 0 Å². The summed E-state index contributed by atoms with van der Waals surface area (Å²) in [6.45, 7) is 2.17. The summed E-state index contributed by atoms with van der Waals surface area (Å²) in [6.07, 6.45) is 1.26. The minimum Gasteiger partial charge on any atom is -0.480 e. The van der Waals surface area contributed by atoms with Gasteiger partial charge >= 0.3 is 5.97 Å².